The second-order valence-corrected chi connectivity index (χ2v) is 8.37. The summed E-state index contributed by atoms with van der Waals surface area (Å²) in [5.41, 5.74) is 2.20. The fourth-order valence-electron chi connectivity index (χ4n) is 3.78. The third kappa shape index (κ3) is 8.52. The molecular weight excluding hydrogens is 404 g/mol. The lowest BCUT2D eigenvalue weighted by Gasteiger charge is -2.31. The minimum Gasteiger partial charge on any atom is -0.494 e. The normalized spacial score (nSPS) is 14.3. The highest BCUT2D eigenvalue weighted by molar-refractivity contribution is 5.75. The van der Waals surface area contributed by atoms with Gasteiger partial charge in [-0.05, 0) is 68.6 Å². The van der Waals surface area contributed by atoms with E-state index in [1.807, 2.05) is 55.5 Å². The van der Waals surface area contributed by atoms with Crippen molar-refractivity contribution in [3.05, 3.63) is 59.7 Å². The number of likely N-dealkylation sites (N-methyl/N-ethyl adjacent to an activating group) is 1. The zero-order valence-corrected chi connectivity index (χ0v) is 19.3. The fourth-order valence-corrected chi connectivity index (χ4v) is 3.78. The highest BCUT2D eigenvalue weighted by Crippen LogP contribution is 2.16. The van der Waals surface area contributed by atoms with Gasteiger partial charge in [0.25, 0.3) is 0 Å². The highest BCUT2D eigenvalue weighted by atomic mass is 16.5. The van der Waals surface area contributed by atoms with Gasteiger partial charge in [-0.25, -0.2) is 0 Å². The highest BCUT2D eigenvalue weighted by Gasteiger charge is 2.18. The van der Waals surface area contributed by atoms with Crippen LogP contribution in [0.5, 0.6) is 11.5 Å². The zero-order chi connectivity index (χ0) is 22.6. The Balaban J connectivity index is 1.31. The largest absolute Gasteiger partial charge is 0.494 e. The Kier molecular flexibility index (Phi) is 9.85. The van der Waals surface area contributed by atoms with Gasteiger partial charge in [-0.1, -0.05) is 24.3 Å². The van der Waals surface area contributed by atoms with Crippen LogP contribution in [-0.2, 0) is 16.1 Å². The maximum Gasteiger partial charge on any atom is 0.220 e. The molecule has 6 heteroatoms. The summed E-state index contributed by atoms with van der Waals surface area (Å²) < 4.78 is 17.1. The van der Waals surface area contributed by atoms with E-state index in [0.29, 0.717) is 38.6 Å². The summed E-state index contributed by atoms with van der Waals surface area (Å²) in [6.45, 7) is 6.29. The number of amides is 1. The van der Waals surface area contributed by atoms with Crippen molar-refractivity contribution in [3.63, 3.8) is 0 Å². The van der Waals surface area contributed by atoms with Crippen LogP contribution in [0.3, 0.4) is 0 Å². The first kappa shape index (κ1) is 24.1. The molecule has 1 fully saturated rings. The Bertz CT molecular complexity index is 836. The van der Waals surface area contributed by atoms with E-state index in [-0.39, 0.29) is 5.91 Å². The molecule has 0 atom stereocenters. The lowest BCUT2D eigenvalue weighted by Crippen LogP contribution is -2.38. The molecule has 1 amide bonds. The van der Waals surface area contributed by atoms with E-state index in [0.717, 1.165) is 55.2 Å². The summed E-state index contributed by atoms with van der Waals surface area (Å²) in [6, 6.07) is 16.4. The molecule has 1 saturated heterocycles. The molecule has 2 aromatic rings. The summed E-state index contributed by atoms with van der Waals surface area (Å²) in [5.74, 6) is 1.71. The summed E-state index contributed by atoms with van der Waals surface area (Å²) >= 11 is 0. The standard InChI is InChI=1S/C26H36N2O4/c1-21-6-3-8-24(18-21)31-14-5-10-26(29)27-20-22-7-4-9-25(19-22)32-17-13-28(2)23-11-15-30-16-12-23/h3-4,6-9,18-19,23H,5,10-17,20H2,1-2H3,(H,27,29). The minimum atomic E-state index is 0.0299. The van der Waals surface area contributed by atoms with E-state index in [4.69, 9.17) is 14.2 Å². The molecular formula is C26H36N2O4. The molecule has 0 aliphatic carbocycles. The molecule has 1 heterocycles. The first-order valence-electron chi connectivity index (χ1n) is 11.6. The molecule has 0 spiro atoms. The van der Waals surface area contributed by atoms with E-state index < -0.39 is 0 Å². The maximum atomic E-state index is 12.2. The van der Waals surface area contributed by atoms with E-state index in [9.17, 15) is 4.79 Å². The molecule has 0 bridgehead atoms. The fraction of sp³-hybridized carbons (Fsp3) is 0.500. The summed E-state index contributed by atoms with van der Waals surface area (Å²) in [7, 11) is 2.15. The van der Waals surface area contributed by atoms with E-state index in [2.05, 4.69) is 17.3 Å². The third-order valence-electron chi connectivity index (χ3n) is 5.72. The van der Waals surface area contributed by atoms with Crippen molar-refractivity contribution in [2.75, 3.05) is 40.0 Å². The lowest BCUT2D eigenvalue weighted by atomic mass is 10.1. The molecule has 1 aliphatic heterocycles. The van der Waals surface area contributed by atoms with Gasteiger partial charge in [0.15, 0.2) is 0 Å². The molecule has 2 aromatic carbocycles. The van der Waals surface area contributed by atoms with Crippen molar-refractivity contribution in [1.82, 2.24) is 10.2 Å². The first-order chi connectivity index (χ1) is 15.6. The SMILES string of the molecule is Cc1cccc(OCCCC(=O)NCc2cccc(OCCN(C)C3CCOCC3)c2)c1. The van der Waals surface area contributed by atoms with Gasteiger partial charge in [-0.3, -0.25) is 9.69 Å². The van der Waals surface area contributed by atoms with Crippen LogP contribution >= 0.6 is 0 Å². The molecule has 174 valence electrons. The first-order valence-corrected chi connectivity index (χ1v) is 11.6. The Morgan fingerprint density at radius 2 is 1.78 bits per heavy atom. The van der Waals surface area contributed by atoms with Gasteiger partial charge >= 0.3 is 0 Å². The van der Waals surface area contributed by atoms with Gasteiger partial charge in [0.2, 0.25) is 5.91 Å². The predicted octanol–water partition coefficient (Wildman–Crippen LogP) is 3.96. The van der Waals surface area contributed by atoms with E-state index in [1.54, 1.807) is 0 Å². The average molecular weight is 441 g/mol. The number of hydrogen-bond acceptors (Lipinski definition) is 5. The van der Waals surface area contributed by atoms with Gasteiger partial charge in [0.05, 0.1) is 6.61 Å². The quantitative estimate of drug-likeness (QED) is 0.506. The molecule has 6 nitrogen and oxygen atoms in total. The summed E-state index contributed by atoms with van der Waals surface area (Å²) in [6.07, 6.45) is 3.30. The maximum absolute atomic E-state index is 12.2. The number of ether oxygens (including phenoxy) is 3. The molecule has 1 N–H and O–H groups in total. The van der Waals surface area contributed by atoms with E-state index in [1.165, 1.54) is 0 Å². The van der Waals surface area contributed by atoms with Crippen LogP contribution in [0, 0.1) is 6.92 Å². The number of carbonyl (C=O) groups is 1. The molecule has 3 rings (SSSR count). The smallest absolute Gasteiger partial charge is 0.220 e. The second-order valence-electron chi connectivity index (χ2n) is 8.37. The number of carbonyl (C=O) groups excluding carboxylic acids is 1. The van der Waals surface area contributed by atoms with Crippen LogP contribution in [0.4, 0.5) is 0 Å². The molecule has 0 radical (unpaired) electrons. The van der Waals surface area contributed by atoms with Gasteiger partial charge in [-0.2, -0.15) is 0 Å². The predicted molar refractivity (Wildman–Crippen MR) is 126 cm³/mol. The minimum absolute atomic E-state index is 0.0299. The van der Waals surface area contributed by atoms with Crippen molar-refractivity contribution in [2.45, 2.75) is 45.2 Å². The monoisotopic (exact) mass is 440 g/mol. The molecule has 0 unspecified atom stereocenters. The Hall–Kier alpha value is -2.57. The number of nitrogens with one attached hydrogen (secondary N) is 1. The van der Waals surface area contributed by atoms with Crippen LogP contribution in [0.15, 0.2) is 48.5 Å². The Labute approximate surface area is 191 Å². The van der Waals surface area contributed by atoms with Crippen molar-refractivity contribution in [1.29, 1.82) is 0 Å². The van der Waals surface area contributed by atoms with Gasteiger partial charge in [0.1, 0.15) is 18.1 Å². The topological polar surface area (TPSA) is 60.0 Å². The van der Waals surface area contributed by atoms with E-state index >= 15 is 0 Å². The van der Waals surface area contributed by atoms with Crippen LogP contribution in [0.25, 0.3) is 0 Å². The van der Waals surface area contributed by atoms with Gasteiger partial charge in [-0.15, -0.1) is 0 Å². The number of aryl methyl sites for hydroxylation is 1. The van der Waals surface area contributed by atoms with Gasteiger partial charge < -0.3 is 19.5 Å². The zero-order valence-electron chi connectivity index (χ0n) is 19.3. The van der Waals surface area contributed by atoms with Crippen LogP contribution < -0.4 is 14.8 Å². The van der Waals surface area contributed by atoms with Crippen LogP contribution in [-0.4, -0.2) is 56.9 Å². The number of benzene rings is 2. The van der Waals surface area contributed by atoms with Crippen molar-refractivity contribution in [3.8, 4) is 11.5 Å². The summed E-state index contributed by atoms with van der Waals surface area (Å²) in [4.78, 5) is 14.5. The molecule has 0 saturated carbocycles. The van der Waals surface area contributed by atoms with Crippen LogP contribution in [0.2, 0.25) is 0 Å². The molecule has 0 aromatic heterocycles. The van der Waals surface area contributed by atoms with Gasteiger partial charge in [0, 0.05) is 38.8 Å². The number of rotatable bonds is 12. The second kappa shape index (κ2) is 13.1. The number of nitrogens with zero attached hydrogens (tertiary/aromatic N) is 1. The Morgan fingerprint density at radius 3 is 2.56 bits per heavy atom. The lowest BCUT2D eigenvalue weighted by molar-refractivity contribution is -0.121. The summed E-state index contributed by atoms with van der Waals surface area (Å²) in [5, 5.41) is 2.98. The van der Waals surface area contributed by atoms with Crippen molar-refractivity contribution >= 4 is 5.91 Å². The van der Waals surface area contributed by atoms with Crippen molar-refractivity contribution < 1.29 is 19.0 Å². The Morgan fingerprint density at radius 1 is 1.06 bits per heavy atom. The average Bonchev–Trinajstić information content (AvgIpc) is 2.81. The molecule has 1 aliphatic rings. The number of hydrogen-bond donors (Lipinski definition) is 1. The van der Waals surface area contributed by atoms with Crippen molar-refractivity contribution in [2.24, 2.45) is 0 Å². The third-order valence-corrected chi connectivity index (χ3v) is 5.72. The van der Waals surface area contributed by atoms with Crippen LogP contribution in [0.1, 0.15) is 36.8 Å². The molecule has 32 heavy (non-hydrogen) atoms.